The summed E-state index contributed by atoms with van der Waals surface area (Å²) in [5, 5.41) is 3.26. The van der Waals surface area contributed by atoms with Crippen LogP contribution in [0.3, 0.4) is 0 Å². The predicted octanol–water partition coefficient (Wildman–Crippen LogP) is 2.86. The van der Waals surface area contributed by atoms with Gasteiger partial charge >= 0.3 is 6.18 Å². The number of alkyl halides is 3. The molecular formula is C14H16F3NO. The van der Waals surface area contributed by atoms with Gasteiger partial charge in [0, 0.05) is 0 Å². The Balaban J connectivity index is 2.02. The summed E-state index contributed by atoms with van der Waals surface area (Å²) in [6, 6.07) is 4.08. The lowest BCUT2D eigenvalue weighted by Crippen LogP contribution is -2.44. The summed E-state index contributed by atoms with van der Waals surface area (Å²) in [6.45, 7) is 2.20. The van der Waals surface area contributed by atoms with E-state index in [0.29, 0.717) is 13.0 Å². The Kier molecular flexibility index (Phi) is 3.06. The second-order valence-corrected chi connectivity index (χ2v) is 5.21. The summed E-state index contributed by atoms with van der Waals surface area (Å²) in [4.78, 5) is 0. The molecule has 1 aromatic carbocycles. The second-order valence-electron chi connectivity index (χ2n) is 5.21. The predicted molar refractivity (Wildman–Crippen MR) is 64.9 cm³/mol. The molecule has 0 unspecified atom stereocenters. The molecule has 0 aromatic heterocycles. The standard InChI is InChI=1S/C14H16F3NO/c15-14(16,17)11-1-2-12-10(9-11)3-8-19-13(12)4-6-18-7-5-13/h1-2,9,18H,3-8H2. The van der Waals surface area contributed by atoms with Gasteiger partial charge in [-0.3, -0.25) is 0 Å². The van der Waals surface area contributed by atoms with E-state index in [4.69, 9.17) is 4.74 Å². The van der Waals surface area contributed by atoms with Gasteiger partial charge in [0.25, 0.3) is 0 Å². The third kappa shape index (κ3) is 2.25. The molecule has 1 N–H and O–H groups in total. The minimum atomic E-state index is -4.27. The first-order valence-electron chi connectivity index (χ1n) is 6.57. The quantitative estimate of drug-likeness (QED) is 0.783. The minimum Gasteiger partial charge on any atom is -0.370 e. The topological polar surface area (TPSA) is 21.3 Å². The van der Waals surface area contributed by atoms with Crippen molar-refractivity contribution in [2.24, 2.45) is 0 Å². The maximum absolute atomic E-state index is 12.8. The van der Waals surface area contributed by atoms with Gasteiger partial charge in [-0.25, -0.2) is 0 Å². The van der Waals surface area contributed by atoms with E-state index < -0.39 is 11.7 Å². The summed E-state index contributed by atoms with van der Waals surface area (Å²) in [5.41, 5.74) is 0.816. The first kappa shape index (κ1) is 12.9. The third-order valence-electron chi connectivity index (χ3n) is 4.08. The molecule has 2 heterocycles. The van der Waals surface area contributed by atoms with Gasteiger partial charge in [-0.05, 0) is 55.6 Å². The Morgan fingerprint density at radius 3 is 2.58 bits per heavy atom. The fourth-order valence-electron chi connectivity index (χ4n) is 3.10. The molecule has 104 valence electrons. The van der Waals surface area contributed by atoms with Gasteiger partial charge in [-0.1, -0.05) is 6.07 Å². The van der Waals surface area contributed by atoms with Gasteiger partial charge in [-0.2, -0.15) is 13.2 Å². The number of ether oxygens (including phenoxy) is 1. The third-order valence-corrected chi connectivity index (χ3v) is 4.08. The van der Waals surface area contributed by atoms with Crippen LogP contribution in [0.1, 0.15) is 29.5 Å². The van der Waals surface area contributed by atoms with Gasteiger partial charge in [0.2, 0.25) is 0 Å². The smallest absolute Gasteiger partial charge is 0.370 e. The number of fused-ring (bicyclic) bond motifs is 2. The Hall–Kier alpha value is -1.07. The first-order chi connectivity index (χ1) is 9.01. The molecule has 2 aliphatic rings. The molecule has 0 bridgehead atoms. The highest BCUT2D eigenvalue weighted by Crippen LogP contribution is 2.41. The van der Waals surface area contributed by atoms with Gasteiger partial charge in [0.05, 0.1) is 17.8 Å². The van der Waals surface area contributed by atoms with Crippen LogP contribution in [0.25, 0.3) is 0 Å². The van der Waals surface area contributed by atoms with Gasteiger partial charge in [0.1, 0.15) is 0 Å². The molecular weight excluding hydrogens is 255 g/mol. The highest BCUT2D eigenvalue weighted by molar-refractivity contribution is 5.39. The van der Waals surface area contributed by atoms with Crippen LogP contribution in [-0.4, -0.2) is 19.7 Å². The molecule has 5 heteroatoms. The minimum absolute atomic E-state index is 0.372. The van der Waals surface area contributed by atoms with Gasteiger partial charge in [0.15, 0.2) is 0 Å². The Morgan fingerprint density at radius 1 is 1.16 bits per heavy atom. The van der Waals surface area contributed by atoms with Gasteiger partial charge in [-0.15, -0.1) is 0 Å². The van der Waals surface area contributed by atoms with Crippen LogP contribution in [0.15, 0.2) is 18.2 Å². The average Bonchev–Trinajstić information content (AvgIpc) is 2.39. The number of benzene rings is 1. The molecule has 0 aliphatic carbocycles. The van der Waals surface area contributed by atoms with E-state index in [9.17, 15) is 13.2 Å². The summed E-state index contributed by atoms with van der Waals surface area (Å²) in [6.07, 6.45) is -2.06. The van der Waals surface area contributed by atoms with Crippen molar-refractivity contribution in [1.82, 2.24) is 5.32 Å². The van der Waals surface area contributed by atoms with E-state index in [0.717, 1.165) is 37.1 Å². The largest absolute Gasteiger partial charge is 0.416 e. The first-order valence-corrected chi connectivity index (χ1v) is 6.57. The van der Waals surface area contributed by atoms with Crippen LogP contribution in [0.2, 0.25) is 0 Å². The molecule has 0 radical (unpaired) electrons. The van der Waals surface area contributed by atoms with E-state index in [2.05, 4.69) is 5.32 Å². The lowest BCUT2D eigenvalue weighted by molar-refractivity contribution is -0.138. The molecule has 2 nitrogen and oxygen atoms in total. The summed E-state index contributed by atoms with van der Waals surface area (Å²) in [5.74, 6) is 0. The fourth-order valence-corrected chi connectivity index (χ4v) is 3.10. The Labute approximate surface area is 109 Å². The van der Waals surface area contributed by atoms with Crippen LogP contribution in [0.4, 0.5) is 13.2 Å². The van der Waals surface area contributed by atoms with Crippen molar-refractivity contribution >= 4 is 0 Å². The lowest BCUT2D eigenvalue weighted by Gasteiger charge is -2.42. The number of halogens is 3. The Morgan fingerprint density at radius 2 is 1.89 bits per heavy atom. The van der Waals surface area contributed by atoms with Crippen molar-refractivity contribution < 1.29 is 17.9 Å². The van der Waals surface area contributed by atoms with E-state index >= 15 is 0 Å². The molecule has 3 rings (SSSR count). The molecule has 0 amide bonds. The van der Waals surface area contributed by atoms with Crippen molar-refractivity contribution in [3.8, 4) is 0 Å². The molecule has 1 spiro atoms. The zero-order valence-corrected chi connectivity index (χ0v) is 10.5. The van der Waals surface area contributed by atoms with Crippen molar-refractivity contribution in [3.63, 3.8) is 0 Å². The second kappa shape index (κ2) is 4.49. The van der Waals surface area contributed by atoms with Crippen LogP contribution < -0.4 is 5.32 Å². The summed E-state index contributed by atoms with van der Waals surface area (Å²) < 4.78 is 44.2. The number of hydrogen-bond donors (Lipinski definition) is 1. The van der Waals surface area contributed by atoms with Crippen molar-refractivity contribution in [3.05, 3.63) is 34.9 Å². The highest BCUT2D eigenvalue weighted by Gasteiger charge is 2.40. The number of hydrogen-bond acceptors (Lipinski definition) is 2. The average molecular weight is 271 g/mol. The molecule has 1 saturated heterocycles. The molecule has 1 fully saturated rings. The number of nitrogens with one attached hydrogen (secondary N) is 1. The highest BCUT2D eigenvalue weighted by atomic mass is 19.4. The zero-order valence-electron chi connectivity index (χ0n) is 10.5. The van der Waals surface area contributed by atoms with E-state index in [1.165, 1.54) is 12.1 Å². The molecule has 0 saturated carbocycles. The van der Waals surface area contributed by atoms with Crippen LogP contribution in [0, 0.1) is 0 Å². The van der Waals surface area contributed by atoms with Crippen LogP contribution in [0.5, 0.6) is 0 Å². The van der Waals surface area contributed by atoms with E-state index in [1.54, 1.807) is 6.07 Å². The zero-order chi connectivity index (χ0) is 13.5. The molecule has 1 aromatic rings. The molecule has 0 atom stereocenters. The summed E-state index contributed by atoms with van der Waals surface area (Å²) in [7, 11) is 0. The van der Waals surface area contributed by atoms with Gasteiger partial charge < -0.3 is 10.1 Å². The van der Waals surface area contributed by atoms with E-state index in [1.807, 2.05) is 0 Å². The maximum atomic E-state index is 12.8. The van der Waals surface area contributed by atoms with Crippen molar-refractivity contribution in [1.29, 1.82) is 0 Å². The summed E-state index contributed by atoms with van der Waals surface area (Å²) >= 11 is 0. The monoisotopic (exact) mass is 271 g/mol. The normalized spacial score (nSPS) is 22.3. The van der Waals surface area contributed by atoms with Crippen molar-refractivity contribution in [2.75, 3.05) is 19.7 Å². The number of piperidine rings is 1. The molecule has 2 aliphatic heterocycles. The van der Waals surface area contributed by atoms with E-state index in [-0.39, 0.29) is 5.60 Å². The SMILES string of the molecule is FC(F)(F)c1ccc2c(c1)CCOC21CCNCC1. The van der Waals surface area contributed by atoms with Crippen LogP contribution >= 0.6 is 0 Å². The van der Waals surface area contributed by atoms with Crippen LogP contribution in [-0.2, 0) is 22.9 Å². The Bertz CT molecular complexity index is 478. The number of rotatable bonds is 0. The maximum Gasteiger partial charge on any atom is 0.416 e. The fraction of sp³-hybridized carbons (Fsp3) is 0.571. The molecule has 19 heavy (non-hydrogen) atoms. The lowest BCUT2D eigenvalue weighted by atomic mass is 9.79. The van der Waals surface area contributed by atoms with Crippen molar-refractivity contribution in [2.45, 2.75) is 31.0 Å².